The molecule has 2 aromatic heterocycles. The molecule has 0 spiro atoms. The Morgan fingerprint density at radius 1 is 0.692 bits per heavy atom. The van der Waals surface area contributed by atoms with Gasteiger partial charge >= 0.3 is 0 Å². The van der Waals surface area contributed by atoms with Gasteiger partial charge in [-0.25, -0.2) is 9.97 Å². The highest BCUT2D eigenvalue weighted by Gasteiger charge is 2.10. The minimum absolute atomic E-state index is 0.689. The SMILES string of the molecule is c1ccc(-c2nc(Nc3ccc4n[nH]nc4c3)c3ccccc3n2)cc1. The van der Waals surface area contributed by atoms with E-state index in [9.17, 15) is 0 Å². The van der Waals surface area contributed by atoms with Crippen LogP contribution in [0.3, 0.4) is 0 Å². The molecule has 26 heavy (non-hydrogen) atoms. The highest BCUT2D eigenvalue weighted by molar-refractivity contribution is 5.93. The first-order valence-corrected chi connectivity index (χ1v) is 8.26. The van der Waals surface area contributed by atoms with E-state index in [1.165, 1.54) is 0 Å². The summed E-state index contributed by atoms with van der Waals surface area (Å²) in [5, 5.41) is 15.2. The summed E-state index contributed by atoms with van der Waals surface area (Å²) in [6.07, 6.45) is 0. The molecule has 6 nitrogen and oxygen atoms in total. The standard InChI is InChI=1S/C20H14N6/c1-2-6-13(7-3-1)19-22-16-9-5-4-8-15(16)20(23-19)21-14-10-11-17-18(12-14)25-26-24-17/h1-12H,(H,21,22,23)(H,24,25,26). The van der Waals surface area contributed by atoms with Crippen LogP contribution >= 0.6 is 0 Å². The van der Waals surface area contributed by atoms with Crippen molar-refractivity contribution in [2.75, 3.05) is 5.32 Å². The summed E-state index contributed by atoms with van der Waals surface area (Å²) in [4.78, 5) is 9.48. The molecule has 0 saturated heterocycles. The van der Waals surface area contributed by atoms with Gasteiger partial charge in [0.25, 0.3) is 0 Å². The Bertz CT molecular complexity index is 1210. The predicted molar refractivity (Wildman–Crippen MR) is 102 cm³/mol. The van der Waals surface area contributed by atoms with E-state index in [1.54, 1.807) is 0 Å². The smallest absolute Gasteiger partial charge is 0.162 e. The van der Waals surface area contributed by atoms with Crippen LogP contribution in [0.15, 0.2) is 72.8 Å². The molecule has 6 heteroatoms. The number of hydrogen-bond donors (Lipinski definition) is 2. The normalized spacial score (nSPS) is 11.1. The van der Waals surface area contributed by atoms with Gasteiger partial charge in [0.1, 0.15) is 16.9 Å². The highest BCUT2D eigenvalue weighted by atomic mass is 15.3. The van der Waals surface area contributed by atoms with Crippen molar-refractivity contribution in [3.05, 3.63) is 72.8 Å². The second-order valence-corrected chi connectivity index (χ2v) is 5.93. The van der Waals surface area contributed by atoms with E-state index in [0.717, 1.165) is 39.0 Å². The molecular weight excluding hydrogens is 324 g/mol. The van der Waals surface area contributed by atoms with Crippen molar-refractivity contribution in [2.24, 2.45) is 0 Å². The molecule has 2 N–H and O–H groups in total. The summed E-state index contributed by atoms with van der Waals surface area (Å²) in [7, 11) is 0. The summed E-state index contributed by atoms with van der Waals surface area (Å²) in [6.45, 7) is 0. The van der Waals surface area contributed by atoms with Gasteiger partial charge in [-0.1, -0.05) is 42.5 Å². The molecule has 5 rings (SSSR count). The third-order valence-electron chi connectivity index (χ3n) is 4.21. The maximum absolute atomic E-state index is 4.77. The molecule has 0 saturated carbocycles. The Balaban J connectivity index is 1.65. The lowest BCUT2D eigenvalue weighted by Crippen LogP contribution is -1.99. The van der Waals surface area contributed by atoms with E-state index in [4.69, 9.17) is 9.97 Å². The Morgan fingerprint density at radius 3 is 2.42 bits per heavy atom. The van der Waals surface area contributed by atoms with Crippen LogP contribution in [0.4, 0.5) is 11.5 Å². The van der Waals surface area contributed by atoms with E-state index >= 15 is 0 Å². The maximum atomic E-state index is 4.77. The molecule has 3 aromatic carbocycles. The number of aromatic nitrogens is 5. The van der Waals surface area contributed by atoms with Crippen LogP contribution in [0.2, 0.25) is 0 Å². The van der Waals surface area contributed by atoms with Crippen LogP contribution in [0, 0.1) is 0 Å². The van der Waals surface area contributed by atoms with Crippen molar-refractivity contribution in [1.29, 1.82) is 0 Å². The summed E-state index contributed by atoms with van der Waals surface area (Å²) in [6, 6.07) is 23.8. The number of benzene rings is 3. The Hall–Kier alpha value is -3.80. The van der Waals surface area contributed by atoms with Gasteiger partial charge < -0.3 is 5.32 Å². The van der Waals surface area contributed by atoms with Crippen LogP contribution in [-0.4, -0.2) is 25.4 Å². The molecular formula is C20H14N6. The number of hydrogen-bond acceptors (Lipinski definition) is 5. The second-order valence-electron chi connectivity index (χ2n) is 5.93. The van der Waals surface area contributed by atoms with Crippen molar-refractivity contribution in [3.8, 4) is 11.4 Å². The maximum Gasteiger partial charge on any atom is 0.162 e. The van der Waals surface area contributed by atoms with E-state index in [0.29, 0.717) is 5.82 Å². The van der Waals surface area contributed by atoms with E-state index < -0.39 is 0 Å². The fraction of sp³-hybridized carbons (Fsp3) is 0. The van der Waals surface area contributed by atoms with E-state index in [-0.39, 0.29) is 0 Å². The molecule has 2 heterocycles. The third-order valence-corrected chi connectivity index (χ3v) is 4.21. The monoisotopic (exact) mass is 338 g/mol. The number of para-hydroxylation sites is 1. The van der Waals surface area contributed by atoms with Crippen LogP contribution in [0.1, 0.15) is 0 Å². The minimum atomic E-state index is 0.689. The molecule has 0 bridgehead atoms. The number of H-pyrrole nitrogens is 1. The quantitative estimate of drug-likeness (QED) is 0.512. The van der Waals surface area contributed by atoms with Crippen molar-refractivity contribution in [1.82, 2.24) is 25.4 Å². The van der Waals surface area contributed by atoms with Crippen LogP contribution in [-0.2, 0) is 0 Å². The fourth-order valence-electron chi connectivity index (χ4n) is 2.94. The number of fused-ring (bicyclic) bond motifs is 2. The lowest BCUT2D eigenvalue weighted by Gasteiger charge is -2.11. The number of rotatable bonds is 3. The largest absolute Gasteiger partial charge is 0.340 e. The molecule has 124 valence electrons. The Labute approximate surface area is 148 Å². The van der Waals surface area contributed by atoms with Crippen molar-refractivity contribution in [2.45, 2.75) is 0 Å². The van der Waals surface area contributed by atoms with Gasteiger partial charge in [0.05, 0.1) is 5.52 Å². The molecule has 0 fully saturated rings. The first-order valence-electron chi connectivity index (χ1n) is 8.26. The Morgan fingerprint density at radius 2 is 1.50 bits per heavy atom. The van der Waals surface area contributed by atoms with Crippen LogP contribution in [0.5, 0.6) is 0 Å². The van der Waals surface area contributed by atoms with E-state index in [1.807, 2.05) is 72.8 Å². The number of aromatic amines is 1. The number of nitrogens with zero attached hydrogens (tertiary/aromatic N) is 4. The zero-order valence-corrected chi connectivity index (χ0v) is 13.7. The molecule has 0 unspecified atom stereocenters. The van der Waals surface area contributed by atoms with Gasteiger partial charge in [0, 0.05) is 16.6 Å². The van der Waals surface area contributed by atoms with Crippen LogP contribution in [0.25, 0.3) is 33.3 Å². The molecule has 5 aromatic rings. The molecule has 0 aliphatic rings. The summed E-state index contributed by atoms with van der Waals surface area (Å²) >= 11 is 0. The summed E-state index contributed by atoms with van der Waals surface area (Å²) in [5.74, 6) is 1.45. The summed E-state index contributed by atoms with van der Waals surface area (Å²) in [5.41, 5.74) is 4.40. The topological polar surface area (TPSA) is 79.4 Å². The molecule has 0 aliphatic carbocycles. The number of nitrogens with one attached hydrogen (secondary N) is 2. The van der Waals surface area contributed by atoms with Gasteiger partial charge in [0.15, 0.2) is 5.82 Å². The van der Waals surface area contributed by atoms with Crippen molar-refractivity contribution < 1.29 is 0 Å². The molecule has 0 atom stereocenters. The third kappa shape index (κ3) is 2.53. The average molecular weight is 338 g/mol. The highest BCUT2D eigenvalue weighted by Crippen LogP contribution is 2.28. The summed E-state index contributed by atoms with van der Waals surface area (Å²) < 4.78 is 0. The van der Waals surface area contributed by atoms with Gasteiger partial charge in [-0.15, -0.1) is 0 Å². The average Bonchev–Trinajstić information content (AvgIpc) is 3.16. The first-order chi connectivity index (χ1) is 12.9. The molecule has 0 amide bonds. The van der Waals surface area contributed by atoms with E-state index in [2.05, 4.69) is 20.7 Å². The van der Waals surface area contributed by atoms with Gasteiger partial charge in [-0.2, -0.15) is 15.4 Å². The fourth-order valence-corrected chi connectivity index (χ4v) is 2.94. The molecule has 0 radical (unpaired) electrons. The van der Waals surface area contributed by atoms with Crippen LogP contribution < -0.4 is 5.32 Å². The van der Waals surface area contributed by atoms with Crippen molar-refractivity contribution in [3.63, 3.8) is 0 Å². The lowest BCUT2D eigenvalue weighted by molar-refractivity contribution is 0.959. The minimum Gasteiger partial charge on any atom is -0.340 e. The van der Waals surface area contributed by atoms with Gasteiger partial charge in [0.2, 0.25) is 0 Å². The van der Waals surface area contributed by atoms with Crippen molar-refractivity contribution >= 4 is 33.4 Å². The van der Waals surface area contributed by atoms with Gasteiger partial charge in [-0.3, -0.25) is 0 Å². The first kappa shape index (κ1) is 14.5. The lowest BCUT2D eigenvalue weighted by atomic mass is 10.2. The van der Waals surface area contributed by atoms with Gasteiger partial charge in [-0.05, 0) is 30.3 Å². The number of anilines is 2. The zero-order valence-electron chi connectivity index (χ0n) is 13.7. The Kier molecular flexibility index (Phi) is 3.31. The second kappa shape index (κ2) is 5.93. The zero-order chi connectivity index (χ0) is 17.3. The predicted octanol–water partition coefficient (Wildman–Crippen LogP) is 4.31. The molecule has 0 aliphatic heterocycles.